The first-order valence-corrected chi connectivity index (χ1v) is 8.59. The number of hydrogen-bond acceptors (Lipinski definition) is 5. The zero-order chi connectivity index (χ0) is 15.3. The number of aromatic nitrogens is 3. The van der Waals surface area contributed by atoms with E-state index in [0.29, 0.717) is 5.92 Å². The van der Waals surface area contributed by atoms with Gasteiger partial charge in [-0.1, -0.05) is 11.6 Å². The number of nitrogens with one attached hydrogen (secondary N) is 2. The molecule has 0 radical (unpaired) electrons. The predicted molar refractivity (Wildman–Crippen MR) is 91.2 cm³/mol. The summed E-state index contributed by atoms with van der Waals surface area (Å²) in [5.41, 5.74) is 2.97. The third kappa shape index (κ3) is 2.17. The molecule has 4 heterocycles. The lowest BCUT2D eigenvalue weighted by molar-refractivity contribution is 0.187. The monoisotopic (exact) mass is 336 g/mol. The Bertz CT molecular complexity index is 850. The molecular formula is C15H17ClN4OS. The summed E-state index contributed by atoms with van der Waals surface area (Å²) >= 11 is 8.00. The van der Waals surface area contributed by atoms with Crippen LogP contribution in [0.5, 0.6) is 0 Å². The highest BCUT2D eigenvalue weighted by atomic mass is 35.5. The molecule has 1 aliphatic rings. The second kappa shape index (κ2) is 5.37. The van der Waals surface area contributed by atoms with Gasteiger partial charge in [0.2, 0.25) is 0 Å². The quantitative estimate of drug-likeness (QED) is 0.761. The maximum Gasteiger partial charge on any atom is 0.165 e. The molecule has 7 heteroatoms. The number of thiophene rings is 1. The zero-order valence-electron chi connectivity index (χ0n) is 12.5. The van der Waals surface area contributed by atoms with Crippen LogP contribution in [-0.2, 0) is 4.74 Å². The molecule has 0 saturated carbocycles. The van der Waals surface area contributed by atoms with E-state index in [1.807, 2.05) is 13.8 Å². The molecule has 1 fully saturated rings. The molecule has 0 aromatic carbocycles. The van der Waals surface area contributed by atoms with Gasteiger partial charge in [-0.05, 0) is 25.8 Å². The maximum atomic E-state index is 6.35. The average Bonchev–Trinajstić information content (AvgIpc) is 3.19. The molecule has 22 heavy (non-hydrogen) atoms. The van der Waals surface area contributed by atoms with Gasteiger partial charge < -0.3 is 10.1 Å². The van der Waals surface area contributed by atoms with Crippen LogP contribution in [-0.4, -0.2) is 34.9 Å². The van der Waals surface area contributed by atoms with Crippen molar-refractivity contribution in [3.05, 3.63) is 16.3 Å². The Morgan fingerprint density at radius 3 is 3.09 bits per heavy atom. The second-order valence-electron chi connectivity index (χ2n) is 5.81. The molecular weight excluding hydrogens is 320 g/mol. The van der Waals surface area contributed by atoms with Crippen LogP contribution in [0.2, 0.25) is 5.02 Å². The third-order valence-corrected chi connectivity index (χ3v) is 5.90. The minimum atomic E-state index is 0.567. The Morgan fingerprint density at radius 1 is 1.45 bits per heavy atom. The normalized spacial score (nSPS) is 18.6. The standard InChI is InChI=1S/C15H17ClN4OS/c1-7-10-12-13(22-15(10)18-8(2)11(7)16)14(20-19-12)17-5-9-3-4-21-6-9/h9H,3-6H2,1-2H3,(H2,17,19,20). The Balaban J connectivity index is 1.75. The Morgan fingerprint density at radius 2 is 2.32 bits per heavy atom. The SMILES string of the molecule is Cc1nc2sc3c(NCC4CCOC4)n[nH]c3c2c(C)c1Cl. The predicted octanol–water partition coefficient (Wildman–Crippen LogP) is 3.89. The van der Waals surface area contributed by atoms with Crippen LogP contribution < -0.4 is 5.32 Å². The molecule has 5 nitrogen and oxygen atoms in total. The second-order valence-corrected chi connectivity index (χ2v) is 7.18. The number of nitrogens with zero attached hydrogens (tertiary/aromatic N) is 2. The first kappa shape index (κ1) is 14.2. The fourth-order valence-electron chi connectivity index (χ4n) is 2.97. The lowest BCUT2D eigenvalue weighted by Crippen LogP contribution is -2.14. The van der Waals surface area contributed by atoms with E-state index in [1.54, 1.807) is 11.3 Å². The van der Waals surface area contributed by atoms with Crippen molar-refractivity contribution in [2.75, 3.05) is 25.1 Å². The van der Waals surface area contributed by atoms with E-state index in [2.05, 4.69) is 20.5 Å². The van der Waals surface area contributed by atoms with Gasteiger partial charge in [-0.3, -0.25) is 5.10 Å². The molecule has 3 aromatic heterocycles. The third-order valence-electron chi connectivity index (χ3n) is 4.26. The smallest absolute Gasteiger partial charge is 0.165 e. The molecule has 0 spiro atoms. The van der Waals surface area contributed by atoms with Crippen molar-refractivity contribution in [3.8, 4) is 0 Å². The van der Waals surface area contributed by atoms with Crippen LogP contribution in [0.3, 0.4) is 0 Å². The summed E-state index contributed by atoms with van der Waals surface area (Å²) in [6.07, 6.45) is 1.11. The summed E-state index contributed by atoms with van der Waals surface area (Å²) in [6, 6.07) is 0. The molecule has 4 rings (SSSR count). The fraction of sp³-hybridized carbons (Fsp3) is 0.467. The molecule has 3 aromatic rings. The average molecular weight is 337 g/mol. The highest BCUT2D eigenvalue weighted by Gasteiger charge is 2.20. The Hall–Kier alpha value is -1.37. The van der Waals surface area contributed by atoms with Crippen molar-refractivity contribution in [3.63, 3.8) is 0 Å². The van der Waals surface area contributed by atoms with E-state index >= 15 is 0 Å². The number of anilines is 1. The summed E-state index contributed by atoms with van der Waals surface area (Å²) in [4.78, 5) is 5.62. The number of H-pyrrole nitrogens is 1. The van der Waals surface area contributed by atoms with Gasteiger partial charge in [0.05, 0.1) is 27.5 Å². The minimum Gasteiger partial charge on any atom is -0.381 e. The summed E-state index contributed by atoms with van der Waals surface area (Å²) in [7, 11) is 0. The number of hydrogen-bond donors (Lipinski definition) is 2. The number of ether oxygens (including phenoxy) is 1. The van der Waals surface area contributed by atoms with Crippen LogP contribution >= 0.6 is 22.9 Å². The van der Waals surface area contributed by atoms with Crippen LogP contribution in [0.1, 0.15) is 17.7 Å². The number of fused-ring (bicyclic) bond motifs is 3. The topological polar surface area (TPSA) is 62.8 Å². The van der Waals surface area contributed by atoms with Crippen LogP contribution in [0, 0.1) is 19.8 Å². The molecule has 1 atom stereocenters. The van der Waals surface area contributed by atoms with Crippen molar-refractivity contribution in [2.24, 2.45) is 5.92 Å². The summed E-state index contributed by atoms with van der Waals surface area (Å²) in [5.74, 6) is 1.47. The number of halogens is 1. The number of pyridine rings is 1. The fourth-order valence-corrected chi connectivity index (χ4v) is 4.30. The van der Waals surface area contributed by atoms with Crippen molar-refractivity contribution in [1.29, 1.82) is 0 Å². The summed E-state index contributed by atoms with van der Waals surface area (Å²) < 4.78 is 6.53. The van der Waals surface area contributed by atoms with E-state index in [-0.39, 0.29) is 0 Å². The summed E-state index contributed by atoms with van der Waals surface area (Å²) in [5, 5.41) is 12.8. The van der Waals surface area contributed by atoms with Gasteiger partial charge in [-0.2, -0.15) is 5.10 Å². The molecule has 1 aliphatic heterocycles. The molecule has 2 N–H and O–H groups in total. The molecule has 0 amide bonds. The van der Waals surface area contributed by atoms with Crippen molar-refractivity contribution >= 4 is 49.2 Å². The number of rotatable bonds is 3. The first-order chi connectivity index (χ1) is 10.6. The van der Waals surface area contributed by atoms with E-state index in [1.165, 1.54) is 0 Å². The molecule has 1 saturated heterocycles. The number of aryl methyl sites for hydroxylation is 2. The van der Waals surface area contributed by atoms with E-state index in [0.717, 1.165) is 68.7 Å². The van der Waals surface area contributed by atoms with E-state index in [9.17, 15) is 0 Å². The first-order valence-electron chi connectivity index (χ1n) is 7.40. The van der Waals surface area contributed by atoms with Gasteiger partial charge in [0.15, 0.2) is 5.82 Å². The van der Waals surface area contributed by atoms with Gasteiger partial charge >= 0.3 is 0 Å². The van der Waals surface area contributed by atoms with Crippen molar-refractivity contribution in [1.82, 2.24) is 15.2 Å². The minimum absolute atomic E-state index is 0.567. The molecule has 0 aliphatic carbocycles. The van der Waals surface area contributed by atoms with Crippen molar-refractivity contribution < 1.29 is 4.74 Å². The molecule has 116 valence electrons. The van der Waals surface area contributed by atoms with Gasteiger partial charge in [0.1, 0.15) is 4.83 Å². The van der Waals surface area contributed by atoms with E-state index in [4.69, 9.17) is 16.3 Å². The number of aromatic amines is 1. The summed E-state index contributed by atoms with van der Waals surface area (Å²) in [6.45, 7) is 6.57. The lowest BCUT2D eigenvalue weighted by Gasteiger charge is -2.07. The zero-order valence-corrected chi connectivity index (χ0v) is 14.1. The van der Waals surface area contributed by atoms with Gasteiger partial charge in [0, 0.05) is 24.5 Å². The van der Waals surface area contributed by atoms with Crippen LogP contribution in [0.4, 0.5) is 5.82 Å². The Labute approximate surface area is 137 Å². The highest BCUT2D eigenvalue weighted by molar-refractivity contribution is 7.26. The van der Waals surface area contributed by atoms with E-state index < -0.39 is 0 Å². The van der Waals surface area contributed by atoms with Gasteiger partial charge in [0.25, 0.3) is 0 Å². The van der Waals surface area contributed by atoms with Gasteiger partial charge in [-0.15, -0.1) is 11.3 Å². The highest BCUT2D eigenvalue weighted by Crippen LogP contribution is 2.39. The maximum absolute atomic E-state index is 6.35. The molecule has 0 bridgehead atoms. The largest absolute Gasteiger partial charge is 0.381 e. The molecule has 1 unspecified atom stereocenters. The van der Waals surface area contributed by atoms with Crippen LogP contribution in [0.25, 0.3) is 20.4 Å². The van der Waals surface area contributed by atoms with Gasteiger partial charge in [-0.25, -0.2) is 4.98 Å². The Kier molecular flexibility index (Phi) is 3.47. The van der Waals surface area contributed by atoms with Crippen LogP contribution in [0.15, 0.2) is 0 Å². The van der Waals surface area contributed by atoms with Crippen molar-refractivity contribution in [2.45, 2.75) is 20.3 Å². The lowest BCUT2D eigenvalue weighted by atomic mass is 10.1.